The lowest BCUT2D eigenvalue weighted by Gasteiger charge is -2.05. The first-order chi connectivity index (χ1) is 11.6. The molecule has 0 radical (unpaired) electrons. The Labute approximate surface area is 144 Å². The third kappa shape index (κ3) is 4.45. The van der Waals surface area contributed by atoms with Gasteiger partial charge in [0.25, 0.3) is 0 Å². The van der Waals surface area contributed by atoms with E-state index in [0.29, 0.717) is 5.56 Å². The molecule has 1 aliphatic carbocycles. The summed E-state index contributed by atoms with van der Waals surface area (Å²) in [6, 6.07) is 15.6. The van der Waals surface area contributed by atoms with E-state index in [-0.39, 0.29) is 41.0 Å². The predicted octanol–water partition coefficient (Wildman–Crippen LogP) is 3.41. The maximum atomic E-state index is 13.2. The van der Waals surface area contributed by atoms with Crippen LogP contribution in [0.1, 0.15) is 28.3 Å². The highest BCUT2D eigenvalue weighted by molar-refractivity contribution is 8.00. The van der Waals surface area contributed by atoms with Crippen LogP contribution in [0.5, 0.6) is 0 Å². The second kappa shape index (κ2) is 7.62. The average molecular weight is 343 g/mol. The van der Waals surface area contributed by atoms with E-state index in [1.165, 1.54) is 23.9 Å². The topological polar surface area (TPSA) is 46.2 Å². The van der Waals surface area contributed by atoms with Crippen molar-refractivity contribution in [1.82, 2.24) is 5.32 Å². The number of thioether (sulfide) groups is 1. The van der Waals surface area contributed by atoms with Crippen LogP contribution in [0.2, 0.25) is 0 Å². The number of Topliss-reactive ketones (excluding diaryl/α,β-unsaturated/α-hetero) is 1. The summed E-state index contributed by atoms with van der Waals surface area (Å²) in [5.74, 6) is 0.433. The average Bonchev–Trinajstić information content (AvgIpc) is 3.34. The number of hydrogen-bond acceptors (Lipinski definition) is 3. The van der Waals surface area contributed by atoms with Crippen LogP contribution in [-0.2, 0) is 4.79 Å². The summed E-state index contributed by atoms with van der Waals surface area (Å²) in [4.78, 5) is 23.9. The Balaban J connectivity index is 1.39. The predicted molar refractivity (Wildman–Crippen MR) is 93.8 cm³/mol. The number of ketones is 1. The van der Waals surface area contributed by atoms with Crippen molar-refractivity contribution in [3.05, 3.63) is 71.5 Å². The lowest BCUT2D eigenvalue weighted by Crippen LogP contribution is -2.28. The fourth-order valence-electron chi connectivity index (χ4n) is 2.65. The molecule has 2 atom stereocenters. The number of benzene rings is 2. The van der Waals surface area contributed by atoms with Gasteiger partial charge in [0.05, 0.1) is 11.5 Å². The standard InChI is InChI=1S/C19H18FNO2S/c20-15-8-4-7-14(9-15)16-10-17(16)21-19(23)12-24-11-18(22)13-5-2-1-3-6-13/h1-9,16-17H,10-12H2,(H,21,23)/t16-,17-/m0/s1. The number of rotatable bonds is 7. The van der Waals surface area contributed by atoms with Gasteiger partial charge in [-0.25, -0.2) is 4.39 Å². The second-order valence-corrected chi connectivity index (χ2v) is 6.84. The molecule has 0 saturated heterocycles. The molecule has 1 aliphatic rings. The van der Waals surface area contributed by atoms with Gasteiger partial charge >= 0.3 is 0 Å². The highest BCUT2D eigenvalue weighted by Gasteiger charge is 2.39. The minimum absolute atomic E-state index is 0.0254. The van der Waals surface area contributed by atoms with Gasteiger partial charge in [0.15, 0.2) is 5.78 Å². The van der Waals surface area contributed by atoms with Crippen molar-refractivity contribution in [2.75, 3.05) is 11.5 Å². The quantitative estimate of drug-likeness (QED) is 0.784. The minimum atomic E-state index is -0.251. The first-order valence-electron chi connectivity index (χ1n) is 7.84. The van der Waals surface area contributed by atoms with Crippen molar-refractivity contribution in [3.63, 3.8) is 0 Å². The molecule has 0 unspecified atom stereocenters. The molecule has 0 heterocycles. The van der Waals surface area contributed by atoms with E-state index in [1.54, 1.807) is 18.2 Å². The van der Waals surface area contributed by atoms with E-state index in [9.17, 15) is 14.0 Å². The fraction of sp³-hybridized carbons (Fsp3) is 0.263. The van der Waals surface area contributed by atoms with E-state index >= 15 is 0 Å². The van der Waals surface area contributed by atoms with Gasteiger partial charge < -0.3 is 5.32 Å². The molecule has 1 fully saturated rings. The molecule has 2 aromatic carbocycles. The van der Waals surface area contributed by atoms with Gasteiger partial charge in [0.1, 0.15) is 5.82 Å². The molecule has 0 aliphatic heterocycles. The zero-order valence-corrected chi connectivity index (χ0v) is 13.9. The highest BCUT2D eigenvalue weighted by atomic mass is 32.2. The summed E-state index contributed by atoms with van der Waals surface area (Å²) in [6.45, 7) is 0. The molecular formula is C19H18FNO2S. The molecule has 0 spiro atoms. The Hall–Kier alpha value is -2.14. The SMILES string of the molecule is O=C(CSCC(=O)c1ccccc1)N[C@H]1C[C@H]1c1cccc(F)c1. The molecule has 5 heteroatoms. The van der Waals surface area contributed by atoms with Gasteiger partial charge in [-0.3, -0.25) is 9.59 Å². The van der Waals surface area contributed by atoms with Crippen molar-refractivity contribution in [3.8, 4) is 0 Å². The second-order valence-electron chi connectivity index (χ2n) is 5.85. The van der Waals surface area contributed by atoms with Crippen LogP contribution in [0.15, 0.2) is 54.6 Å². The third-order valence-electron chi connectivity index (χ3n) is 3.98. The molecule has 24 heavy (non-hydrogen) atoms. The summed E-state index contributed by atoms with van der Waals surface area (Å²) in [7, 11) is 0. The summed E-state index contributed by atoms with van der Waals surface area (Å²) in [5, 5.41) is 2.94. The van der Waals surface area contributed by atoms with Crippen LogP contribution >= 0.6 is 11.8 Å². The van der Waals surface area contributed by atoms with Crippen molar-refractivity contribution >= 4 is 23.5 Å². The zero-order chi connectivity index (χ0) is 16.9. The van der Waals surface area contributed by atoms with Crippen molar-refractivity contribution < 1.29 is 14.0 Å². The number of nitrogens with one attached hydrogen (secondary N) is 1. The maximum absolute atomic E-state index is 13.2. The number of halogens is 1. The molecule has 0 bridgehead atoms. The summed E-state index contributed by atoms with van der Waals surface area (Å²) >= 11 is 1.31. The molecule has 0 aromatic heterocycles. The Morgan fingerprint density at radius 2 is 1.88 bits per heavy atom. The van der Waals surface area contributed by atoms with Gasteiger partial charge in [0.2, 0.25) is 5.91 Å². The minimum Gasteiger partial charge on any atom is -0.352 e. The van der Waals surface area contributed by atoms with Crippen LogP contribution < -0.4 is 5.32 Å². The van der Waals surface area contributed by atoms with E-state index in [2.05, 4.69) is 5.32 Å². The van der Waals surface area contributed by atoms with Crippen LogP contribution in [0.25, 0.3) is 0 Å². The largest absolute Gasteiger partial charge is 0.352 e. The molecule has 1 amide bonds. The van der Waals surface area contributed by atoms with Crippen molar-refractivity contribution in [1.29, 1.82) is 0 Å². The van der Waals surface area contributed by atoms with E-state index in [0.717, 1.165) is 12.0 Å². The normalized spacial score (nSPS) is 18.9. The summed E-state index contributed by atoms with van der Waals surface area (Å²) in [6.07, 6.45) is 0.836. The van der Waals surface area contributed by atoms with Gasteiger partial charge in [-0.1, -0.05) is 42.5 Å². The summed E-state index contributed by atoms with van der Waals surface area (Å²) in [5.41, 5.74) is 1.59. The van der Waals surface area contributed by atoms with Gasteiger partial charge in [0, 0.05) is 17.5 Å². The highest BCUT2D eigenvalue weighted by Crippen LogP contribution is 2.40. The van der Waals surface area contributed by atoms with Crippen LogP contribution in [-0.4, -0.2) is 29.2 Å². The lowest BCUT2D eigenvalue weighted by atomic mass is 10.1. The number of hydrogen-bond donors (Lipinski definition) is 1. The van der Waals surface area contributed by atoms with Gasteiger partial charge in [-0.15, -0.1) is 11.8 Å². The van der Waals surface area contributed by atoms with Crippen LogP contribution in [0.3, 0.4) is 0 Å². The fourth-order valence-corrected chi connectivity index (χ4v) is 3.38. The maximum Gasteiger partial charge on any atom is 0.230 e. The van der Waals surface area contributed by atoms with Gasteiger partial charge in [-0.2, -0.15) is 0 Å². The molecular weight excluding hydrogens is 325 g/mol. The Kier molecular flexibility index (Phi) is 5.30. The number of amides is 1. The van der Waals surface area contributed by atoms with Crippen LogP contribution in [0.4, 0.5) is 4.39 Å². The zero-order valence-electron chi connectivity index (χ0n) is 13.1. The van der Waals surface area contributed by atoms with E-state index in [4.69, 9.17) is 0 Å². The number of carbonyl (C=O) groups is 2. The molecule has 3 rings (SSSR count). The van der Waals surface area contributed by atoms with Gasteiger partial charge in [-0.05, 0) is 24.1 Å². The van der Waals surface area contributed by atoms with E-state index < -0.39 is 0 Å². The molecule has 3 nitrogen and oxygen atoms in total. The van der Waals surface area contributed by atoms with Crippen LogP contribution in [0, 0.1) is 5.82 Å². The Morgan fingerprint density at radius 1 is 1.08 bits per heavy atom. The Morgan fingerprint density at radius 3 is 2.62 bits per heavy atom. The van der Waals surface area contributed by atoms with E-state index in [1.807, 2.05) is 24.3 Å². The third-order valence-corrected chi connectivity index (χ3v) is 4.91. The molecule has 2 aromatic rings. The number of carbonyl (C=O) groups excluding carboxylic acids is 2. The molecule has 124 valence electrons. The first kappa shape index (κ1) is 16.7. The van der Waals surface area contributed by atoms with Crippen molar-refractivity contribution in [2.45, 2.75) is 18.4 Å². The first-order valence-corrected chi connectivity index (χ1v) is 9.00. The Bertz CT molecular complexity index is 735. The summed E-state index contributed by atoms with van der Waals surface area (Å²) < 4.78 is 13.2. The molecule has 1 N–H and O–H groups in total. The lowest BCUT2D eigenvalue weighted by molar-refractivity contribution is -0.118. The monoisotopic (exact) mass is 343 g/mol. The van der Waals surface area contributed by atoms with Crippen molar-refractivity contribution in [2.24, 2.45) is 0 Å². The molecule has 1 saturated carbocycles. The smallest absolute Gasteiger partial charge is 0.230 e.